The van der Waals surface area contributed by atoms with E-state index in [2.05, 4.69) is 29.8 Å². The lowest BCUT2D eigenvalue weighted by atomic mass is 10.1. The lowest BCUT2D eigenvalue weighted by Gasteiger charge is -2.44. The summed E-state index contributed by atoms with van der Waals surface area (Å²) < 4.78 is 0. The quantitative estimate of drug-likeness (QED) is 0.844. The second-order valence-electron chi connectivity index (χ2n) is 4.99. The fourth-order valence-corrected chi connectivity index (χ4v) is 2.55. The molecule has 1 fully saturated rings. The fourth-order valence-electron chi connectivity index (χ4n) is 2.55. The molecule has 4 heteroatoms. The minimum Gasteiger partial charge on any atom is -0.366 e. The maximum absolute atomic E-state index is 8.82. The Morgan fingerprint density at radius 2 is 2.00 bits per heavy atom. The van der Waals surface area contributed by atoms with Gasteiger partial charge in [0.1, 0.15) is 0 Å². The highest BCUT2D eigenvalue weighted by atomic mass is 15.3. The predicted molar refractivity (Wildman–Crippen MR) is 73.4 cm³/mol. The van der Waals surface area contributed by atoms with Crippen LogP contribution in [0, 0.1) is 11.3 Å². The van der Waals surface area contributed by atoms with Gasteiger partial charge in [-0.05, 0) is 38.2 Å². The summed E-state index contributed by atoms with van der Waals surface area (Å²) in [5, 5.41) is 8.82. The van der Waals surface area contributed by atoms with Crippen LogP contribution in [0.5, 0.6) is 0 Å². The molecule has 4 nitrogen and oxygen atoms in total. The number of rotatable bonds is 2. The number of likely N-dealkylation sites (N-methyl/N-ethyl adjacent to an activating group) is 1. The van der Waals surface area contributed by atoms with Crippen molar-refractivity contribution in [1.29, 1.82) is 5.26 Å². The first kappa shape index (κ1) is 12.9. The maximum Gasteiger partial charge on any atom is 0.0991 e. The Morgan fingerprint density at radius 1 is 1.33 bits per heavy atom. The number of anilines is 1. The van der Waals surface area contributed by atoms with Gasteiger partial charge >= 0.3 is 0 Å². The van der Waals surface area contributed by atoms with E-state index in [1.54, 1.807) is 0 Å². The van der Waals surface area contributed by atoms with Crippen LogP contribution in [0.2, 0.25) is 0 Å². The number of hydrogen-bond donors (Lipinski definition) is 1. The van der Waals surface area contributed by atoms with Gasteiger partial charge in [-0.25, -0.2) is 0 Å². The van der Waals surface area contributed by atoms with Crippen molar-refractivity contribution in [3.8, 4) is 6.07 Å². The number of piperazine rings is 1. The van der Waals surface area contributed by atoms with Crippen molar-refractivity contribution in [3.63, 3.8) is 0 Å². The summed E-state index contributed by atoms with van der Waals surface area (Å²) in [6, 6.07) is 10.8. The van der Waals surface area contributed by atoms with Gasteiger partial charge in [-0.3, -0.25) is 4.90 Å². The highest BCUT2D eigenvalue weighted by molar-refractivity contribution is 5.51. The van der Waals surface area contributed by atoms with E-state index in [1.165, 1.54) is 5.69 Å². The molecule has 0 radical (unpaired) electrons. The molecule has 96 valence electrons. The maximum atomic E-state index is 8.82. The lowest BCUT2D eigenvalue weighted by molar-refractivity contribution is 0.197. The molecule has 0 saturated carbocycles. The molecule has 2 atom stereocenters. The largest absolute Gasteiger partial charge is 0.366 e. The van der Waals surface area contributed by atoms with Crippen LogP contribution >= 0.6 is 0 Å². The van der Waals surface area contributed by atoms with Gasteiger partial charge in [0.15, 0.2) is 0 Å². The predicted octanol–water partition coefficient (Wildman–Crippen LogP) is 1.03. The third-order valence-corrected chi connectivity index (χ3v) is 3.72. The van der Waals surface area contributed by atoms with Crippen LogP contribution in [0.3, 0.4) is 0 Å². The van der Waals surface area contributed by atoms with Crippen molar-refractivity contribution in [2.24, 2.45) is 5.73 Å². The van der Waals surface area contributed by atoms with Crippen molar-refractivity contribution in [1.82, 2.24) is 4.90 Å². The van der Waals surface area contributed by atoms with Crippen LogP contribution in [0.4, 0.5) is 5.69 Å². The summed E-state index contributed by atoms with van der Waals surface area (Å²) in [5.41, 5.74) is 7.69. The first-order valence-electron chi connectivity index (χ1n) is 6.32. The second-order valence-corrected chi connectivity index (χ2v) is 4.99. The van der Waals surface area contributed by atoms with Crippen LogP contribution in [0.25, 0.3) is 0 Å². The zero-order valence-electron chi connectivity index (χ0n) is 11.0. The molecule has 0 bridgehead atoms. The molecule has 1 aliphatic rings. The normalized spacial score (nSPS) is 24.9. The molecular formula is C14H20N4. The number of hydrogen-bond acceptors (Lipinski definition) is 4. The van der Waals surface area contributed by atoms with E-state index in [-0.39, 0.29) is 0 Å². The Labute approximate surface area is 109 Å². The SMILES string of the molecule is CC1CN(C)C(CN)CN1c1ccc(C#N)cc1. The number of nitrogens with zero attached hydrogens (tertiary/aromatic N) is 3. The van der Waals surface area contributed by atoms with E-state index >= 15 is 0 Å². The minimum atomic E-state index is 0.400. The van der Waals surface area contributed by atoms with Gasteiger partial charge in [0.05, 0.1) is 11.6 Å². The highest BCUT2D eigenvalue weighted by Gasteiger charge is 2.28. The molecule has 1 aliphatic heterocycles. The smallest absolute Gasteiger partial charge is 0.0991 e. The lowest BCUT2D eigenvalue weighted by Crippen LogP contribution is -2.58. The summed E-state index contributed by atoms with van der Waals surface area (Å²) in [6.07, 6.45) is 0. The molecule has 18 heavy (non-hydrogen) atoms. The van der Waals surface area contributed by atoms with Gasteiger partial charge in [-0.15, -0.1) is 0 Å². The standard InChI is InChI=1S/C14H20N4/c1-11-9-17(2)14(8-16)10-18(11)13-5-3-12(7-15)4-6-13/h3-6,11,14H,8-10,16H2,1-2H3. The van der Waals surface area contributed by atoms with Gasteiger partial charge in [0.2, 0.25) is 0 Å². The molecule has 2 unspecified atom stereocenters. The summed E-state index contributed by atoms with van der Waals surface area (Å²) in [7, 11) is 2.13. The Bertz CT molecular complexity index is 434. The van der Waals surface area contributed by atoms with E-state index in [0.29, 0.717) is 24.2 Å². The summed E-state index contributed by atoms with van der Waals surface area (Å²) >= 11 is 0. The number of nitriles is 1. The van der Waals surface area contributed by atoms with Crippen LogP contribution in [0.15, 0.2) is 24.3 Å². The molecule has 2 N–H and O–H groups in total. The van der Waals surface area contributed by atoms with Gasteiger partial charge < -0.3 is 10.6 Å². The average Bonchev–Trinajstić information content (AvgIpc) is 2.39. The van der Waals surface area contributed by atoms with Crippen molar-refractivity contribution in [3.05, 3.63) is 29.8 Å². The highest BCUT2D eigenvalue weighted by Crippen LogP contribution is 2.22. The monoisotopic (exact) mass is 244 g/mol. The fraction of sp³-hybridized carbons (Fsp3) is 0.500. The average molecular weight is 244 g/mol. The zero-order chi connectivity index (χ0) is 13.1. The first-order chi connectivity index (χ1) is 8.65. The van der Waals surface area contributed by atoms with Crippen molar-refractivity contribution in [2.75, 3.05) is 31.6 Å². The molecule has 1 aromatic rings. The van der Waals surface area contributed by atoms with Crippen LogP contribution in [-0.4, -0.2) is 43.7 Å². The third-order valence-electron chi connectivity index (χ3n) is 3.72. The Kier molecular flexibility index (Phi) is 3.85. The third kappa shape index (κ3) is 2.47. The van der Waals surface area contributed by atoms with Crippen LogP contribution < -0.4 is 10.6 Å². The van der Waals surface area contributed by atoms with Crippen molar-refractivity contribution in [2.45, 2.75) is 19.0 Å². The van der Waals surface area contributed by atoms with E-state index in [1.807, 2.05) is 24.3 Å². The van der Waals surface area contributed by atoms with Gasteiger partial charge in [0, 0.05) is 37.4 Å². The minimum absolute atomic E-state index is 0.400. The first-order valence-corrected chi connectivity index (χ1v) is 6.32. The molecule has 0 aromatic heterocycles. The number of nitrogens with two attached hydrogens (primary N) is 1. The van der Waals surface area contributed by atoms with Crippen LogP contribution in [0.1, 0.15) is 12.5 Å². The topological polar surface area (TPSA) is 56.3 Å². The Hall–Kier alpha value is -1.57. The van der Waals surface area contributed by atoms with Crippen LogP contribution in [-0.2, 0) is 0 Å². The summed E-state index contributed by atoms with van der Waals surface area (Å²) in [4.78, 5) is 4.70. The van der Waals surface area contributed by atoms with Gasteiger partial charge in [-0.1, -0.05) is 0 Å². The van der Waals surface area contributed by atoms with Gasteiger partial charge in [0.25, 0.3) is 0 Å². The van der Waals surface area contributed by atoms with Crippen molar-refractivity contribution < 1.29 is 0 Å². The molecule has 0 spiro atoms. The molecule has 1 aromatic carbocycles. The molecule has 1 saturated heterocycles. The van der Waals surface area contributed by atoms with E-state index in [9.17, 15) is 0 Å². The zero-order valence-corrected chi connectivity index (χ0v) is 11.0. The van der Waals surface area contributed by atoms with E-state index < -0.39 is 0 Å². The Balaban J connectivity index is 2.18. The second kappa shape index (κ2) is 5.38. The Morgan fingerprint density at radius 3 is 2.56 bits per heavy atom. The van der Waals surface area contributed by atoms with Crippen molar-refractivity contribution >= 4 is 5.69 Å². The molecule has 1 heterocycles. The molecule has 2 rings (SSSR count). The number of benzene rings is 1. The van der Waals surface area contributed by atoms with E-state index in [0.717, 1.165) is 13.1 Å². The summed E-state index contributed by atoms with van der Waals surface area (Å²) in [5.74, 6) is 0. The molecule has 0 amide bonds. The molecular weight excluding hydrogens is 224 g/mol. The van der Waals surface area contributed by atoms with Gasteiger partial charge in [-0.2, -0.15) is 5.26 Å². The molecule has 0 aliphatic carbocycles. The summed E-state index contributed by atoms with van der Waals surface area (Å²) in [6.45, 7) is 4.86. The van der Waals surface area contributed by atoms with E-state index in [4.69, 9.17) is 11.0 Å².